The van der Waals surface area contributed by atoms with Gasteiger partial charge < -0.3 is 15.2 Å². The highest BCUT2D eigenvalue weighted by Gasteiger charge is 2.18. The molecule has 0 spiro atoms. The molecule has 1 rings (SSSR count). The first kappa shape index (κ1) is 16.5. The van der Waals surface area contributed by atoms with Gasteiger partial charge in [-0.2, -0.15) is 0 Å². The van der Waals surface area contributed by atoms with Crippen LogP contribution in [-0.2, 0) is 11.2 Å². The Labute approximate surface area is 121 Å². The van der Waals surface area contributed by atoms with E-state index in [1.54, 1.807) is 7.11 Å². The Morgan fingerprint density at radius 3 is 2.35 bits per heavy atom. The predicted octanol–water partition coefficient (Wildman–Crippen LogP) is 2.01. The molecule has 0 saturated heterocycles. The molecule has 1 aromatic rings. The number of nitrogens with one attached hydrogen (secondary N) is 1. The molecule has 4 heteroatoms. The predicted molar refractivity (Wildman–Crippen MR) is 79.7 cm³/mol. The zero-order valence-corrected chi connectivity index (χ0v) is 12.7. The van der Waals surface area contributed by atoms with Gasteiger partial charge in [-0.3, -0.25) is 4.79 Å². The van der Waals surface area contributed by atoms with Crippen LogP contribution in [0.2, 0.25) is 0 Å². The third-order valence-electron chi connectivity index (χ3n) is 3.66. The van der Waals surface area contributed by atoms with E-state index in [4.69, 9.17) is 9.84 Å². The molecule has 0 saturated carbocycles. The zero-order valence-electron chi connectivity index (χ0n) is 12.7. The molecule has 0 aliphatic heterocycles. The van der Waals surface area contributed by atoms with Gasteiger partial charge in [0.25, 0.3) is 0 Å². The minimum absolute atomic E-state index is 0.0219. The van der Waals surface area contributed by atoms with Crippen molar-refractivity contribution in [2.75, 3.05) is 13.7 Å². The molecule has 3 atom stereocenters. The Kier molecular flexibility index (Phi) is 6.52. The lowest BCUT2D eigenvalue weighted by Gasteiger charge is -2.21. The van der Waals surface area contributed by atoms with Crippen molar-refractivity contribution in [1.82, 2.24) is 5.32 Å². The van der Waals surface area contributed by atoms with Gasteiger partial charge in [0.2, 0.25) is 5.91 Å². The Hall–Kier alpha value is -1.55. The largest absolute Gasteiger partial charge is 0.497 e. The van der Waals surface area contributed by atoms with E-state index in [2.05, 4.69) is 5.32 Å². The fraction of sp³-hybridized carbons (Fsp3) is 0.562. The molecule has 0 heterocycles. The number of ether oxygens (including phenoxy) is 1. The maximum absolute atomic E-state index is 12.1. The molecular weight excluding hydrogens is 254 g/mol. The Balaban J connectivity index is 2.52. The molecular formula is C16H25NO3. The van der Waals surface area contributed by atoms with Gasteiger partial charge in [0.15, 0.2) is 0 Å². The van der Waals surface area contributed by atoms with E-state index >= 15 is 0 Å². The molecule has 0 aliphatic rings. The Morgan fingerprint density at radius 2 is 1.85 bits per heavy atom. The van der Waals surface area contributed by atoms with E-state index in [1.807, 2.05) is 45.0 Å². The van der Waals surface area contributed by atoms with Gasteiger partial charge >= 0.3 is 0 Å². The Bertz CT molecular complexity index is 416. The monoisotopic (exact) mass is 279 g/mol. The zero-order chi connectivity index (χ0) is 15.1. The lowest BCUT2D eigenvalue weighted by Crippen LogP contribution is -2.41. The lowest BCUT2D eigenvalue weighted by molar-refractivity contribution is -0.125. The number of hydrogen-bond donors (Lipinski definition) is 2. The average Bonchev–Trinajstić information content (AvgIpc) is 2.46. The van der Waals surface area contributed by atoms with Crippen LogP contribution >= 0.6 is 0 Å². The van der Waals surface area contributed by atoms with Crippen LogP contribution in [0.3, 0.4) is 0 Å². The van der Waals surface area contributed by atoms with Crippen LogP contribution in [0.25, 0.3) is 0 Å². The summed E-state index contributed by atoms with van der Waals surface area (Å²) < 4.78 is 5.11. The van der Waals surface area contributed by atoms with E-state index in [-0.39, 0.29) is 30.4 Å². The molecule has 0 aromatic heterocycles. The number of carbonyl (C=O) groups is 1. The number of carbonyl (C=O) groups excluding carboxylic acids is 1. The van der Waals surface area contributed by atoms with Crippen molar-refractivity contribution in [1.29, 1.82) is 0 Å². The van der Waals surface area contributed by atoms with E-state index in [0.717, 1.165) is 11.3 Å². The summed E-state index contributed by atoms with van der Waals surface area (Å²) in [6.07, 6.45) is 0.691. The highest BCUT2D eigenvalue weighted by molar-refractivity contribution is 5.78. The molecule has 0 fully saturated rings. The summed E-state index contributed by atoms with van der Waals surface area (Å²) >= 11 is 0. The van der Waals surface area contributed by atoms with Gasteiger partial charge in [-0.1, -0.05) is 26.0 Å². The van der Waals surface area contributed by atoms with Crippen molar-refractivity contribution in [2.45, 2.75) is 33.2 Å². The lowest BCUT2D eigenvalue weighted by atomic mass is 9.98. The van der Waals surface area contributed by atoms with Crippen molar-refractivity contribution in [3.63, 3.8) is 0 Å². The molecule has 1 aromatic carbocycles. The second kappa shape index (κ2) is 7.90. The van der Waals surface area contributed by atoms with E-state index < -0.39 is 0 Å². The van der Waals surface area contributed by atoms with Crippen LogP contribution in [0.4, 0.5) is 0 Å². The Morgan fingerprint density at radius 1 is 1.25 bits per heavy atom. The van der Waals surface area contributed by atoms with Crippen LogP contribution in [-0.4, -0.2) is 30.8 Å². The highest BCUT2D eigenvalue weighted by Crippen LogP contribution is 2.15. The van der Waals surface area contributed by atoms with Crippen LogP contribution in [0, 0.1) is 11.8 Å². The summed E-state index contributed by atoms with van der Waals surface area (Å²) in [7, 11) is 1.63. The van der Waals surface area contributed by atoms with Crippen LogP contribution in [0.5, 0.6) is 5.75 Å². The standard InChI is InChI=1S/C16H25NO3/c1-11(16(19)17-13(3)12(2)10-18)9-14-5-7-15(20-4)8-6-14/h5-8,11-13,18H,9-10H2,1-4H3,(H,17,19). The smallest absolute Gasteiger partial charge is 0.223 e. The first-order valence-corrected chi connectivity index (χ1v) is 7.02. The third kappa shape index (κ3) is 4.85. The number of aliphatic hydroxyl groups excluding tert-OH is 1. The first-order chi connectivity index (χ1) is 9.47. The topological polar surface area (TPSA) is 58.6 Å². The molecule has 0 aliphatic carbocycles. The molecule has 2 N–H and O–H groups in total. The fourth-order valence-corrected chi connectivity index (χ4v) is 1.87. The summed E-state index contributed by atoms with van der Waals surface area (Å²) in [6, 6.07) is 7.73. The molecule has 20 heavy (non-hydrogen) atoms. The van der Waals surface area contributed by atoms with Gasteiger partial charge in [0.1, 0.15) is 5.75 Å². The van der Waals surface area contributed by atoms with Gasteiger partial charge in [0, 0.05) is 18.6 Å². The molecule has 0 bridgehead atoms. The third-order valence-corrected chi connectivity index (χ3v) is 3.66. The van der Waals surface area contributed by atoms with Crippen molar-refractivity contribution >= 4 is 5.91 Å². The van der Waals surface area contributed by atoms with Crippen molar-refractivity contribution in [3.8, 4) is 5.75 Å². The summed E-state index contributed by atoms with van der Waals surface area (Å²) in [5.41, 5.74) is 1.11. The molecule has 112 valence electrons. The van der Waals surface area contributed by atoms with Crippen molar-refractivity contribution in [3.05, 3.63) is 29.8 Å². The van der Waals surface area contributed by atoms with Crippen LogP contribution < -0.4 is 10.1 Å². The maximum Gasteiger partial charge on any atom is 0.223 e. The quantitative estimate of drug-likeness (QED) is 0.802. The maximum atomic E-state index is 12.1. The summed E-state index contributed by atoms with van der Waals surface area (Å²) in [5.74, 6) is 0.800. The number of amides is 1. The first-order valence-electron chi connectivity index (χ1n) is 7.02. The summed E-state index contributed by atoms with van der Waals surface area (Å²) in [5, 5.41) is 12.0. The minimum Gasteiger partial charge on any atom is -0.497 e. The molecule has 0 radical (unpaired) electrons. The van der Waals surface area contributed by atoms with E-state index in [0.29, 0.717) is 6.42 Å². The normalized spacial score (nSPS) is 15.2. The SMILES string of the molecule is COc1ccc(CC(C)C(=O)NC(C)C(C)CO)cc1. The van der Waals surface area contributed by atoms with Gasteiger partial charge in [-0.25, -0.2) is 0 Å². The fourth-order valence-electron chi connectivity index (χ4n) is 1.87. The second-order valence-corrected chi connectivity index (χ2v) is 5.41. The number of methoxy groups -OCH3 is 1. The van der Waals surface area contributed by atoms with Gasteiger partial charge in [0.05, 0.1) is 7.11 Å². The highest BCUT2D eigenvalue weighted by atomic mass is 16.5. The number of benzene rings is 1. The van der Waals surface area contributed by atoms with Crippen LogP contribution in [0.15, 0.2) is 24.3 Å². The van der Waals surface area contributed by atoms with E-state index in [9.17, 15) is 4.79 Å². The van der Waals surface area contributed by atoms with Gasteiger partial charge in [-0.05, 0) is 37.0 Å². The summed E-state index contributed by atoms with van der Waals surface area (Å²) in [4.78, 5) is 12.1. The van der Waals surface area contributed by atoms with Crippen LogP contribution in [0.1, 0.15) is 26.3 Å². The van der Waals surface area contributed by atoms with E-state index in [1.165, 1.54) is 0 Å². The molecule has 3 unspecified atom stereocenters. The number of hydrogen-bond acceptors (Lipinski definition) is 3. The second-order valence-electron chi connectivity index (χ2n) is 5.41. The number of aliphatic hydroxyl groups is 1. The average molecular weight is 279 g/mol. The van der Waals surface area contributed by atoms with Crippen molar-refractivity contribution < 1.29 is 14.6 Å². The molecule has 1 amide bonds. The minimum atomic E-state index is -0.100. The van der Waals surface area contributed by atoms with Crippen molar-refractivity contribution in [2.24, 2.45) is 11.8 Å². The number of rotatable bonds is 7. The molecule has 4 nitrogen and oxygen atoms in total. The van der Waals surface area contributed by atoms with Gasteiger partial charge in [-0.15, -0.1) is 0 Å². The summed E-state index contributed by atoms with van der Waals surface area (Å²) in [6.45, 7) is 5.82.